The van der Waals surface area contributed by atoms with Crippen LogP contribution in [0.15, 0.2) is 53.8 Å². The maximum absolute atomic E-state index is 15.1. The van der Waals surface area contributed by atoms with E-state index >= 15 is 4.39 Å². The van der Waals surface area contributed by atoms with Gasteiger partial charge in [0.05, 0.1) is 5.69 Å². The third kappa shape index (κ3) is 5.54. The number of hydrogen-bond donors (Lipinski definition) is 0. The van der Waals surface area contributed by atoms with Gasteiger partial charge < -0.3 is 19.4 Å². The molecule has 0 radical (unpaired) electrons. The fourth-order valence-electron chi connectivity index (χ4n) is 6.56. The van der Waals surface area contributed by atoms with E-state index in [1.165, 1.54) is 24.3 Å². The van der Waals surface area contributed by atoms with Crippen molar-refractivity contribution in [2.75, 3.05) is 38.2 Å². The van der Waals surface area contributed by atoms with E-state index in [1.807, 2.05) is 7.05 Å². The molecule has 0 N–H and O–H groups in total. The number of ether oxygens (including phenoxy) is 1. The van der Waals surface area contributed by atoms with E-state index in [9.17, 15) is 22.8 Å². The smallest absolute Gasteiger partial charge is 0.450 e. The highest BCUT2D eigenvalue weighted by Crippen LogP contribution is 2.36. The van der Waals surface area contributed by atoms with Crippen molar-refractivity contribution < 1.29 is 27.1 Å². The van der Waals surface area contributed by atoms with Crippen molar-refractivity contribution in [1.29, 1.82) is 0 Å². The Balaban J connectivity index is 1.60. The molecule has 14 heteroatoms. The van der Waals surface area contributed by atoms with Crippen LogP contribution in [0.2, 0.25) is 0 Å². The monoisotopic (exact) mass is 639 g/mol. The minimum Gasteiger partial charge on any atom is -0.462 e. The van der Waals surface area contributed by atoms with Crippen LogP contribution >= 0.6 is 0 Å². The van der Waals surface area contributed by atoms with E-state index in [1.54, 1.807) is 35.8 Å². The second-order valence-corrected chi connectivity index (χ2v) is 11.9. The first kappa shape index (κ1) is 31.4. The van der Waals surface area contributed by atoms with E-state index in [-0.39, 0.29) is 60.1 Å². The Morgan fingerprint density at radius 2 is 1.76 bits per heavy atom. The van der Waals surface area contributed by atoms with Gasteiger partial charge in [-0.1, -0.05) is 30.8 Å². The van der Waals surface area contributed by atoms with Gasteiger partial charge >= 0.3 is 12.2 Å². The number of fused-ring (bicyclic) bond motifs is 2. The zero-order chi connectivity index (χ0) is 32.9. The summed E-state index contributed by atoms with van der Waals surface area (Å²) in [5, 5.41) is 0.138. The number of alkyl halides is 3. The molecule has 0 bridgehead atoms. The summed E-state index contributed by atoms with van der Waals surface area (Å²) < 4.78 is 65.9. The molecule has 46 heavy (non-hydrogen) atoms. The maximum Gasteiger partial charge on any atom is 0.450 e. The number of carbonyl (C=O) groups excluding carboxylic acids is 1. The molecule has 4 heterocycles. The molecule has 0 spiro atoms. The van der Waals surface area contributed by atoms with Crippen molar-refractivity contribution in [1.82, 2.24) is 29.3 Å². The highest BCUT2D eigenvalue weighted by Gasteiger charge is 2.41. The molecular weight excluding hydrogens is 606 g/mol. The SMILES string of the molecule is C=CC(=O)N1C[C@H](C)N(c2nc(OC[C@@H]3CCCN3C)nc3c(=O)n(-c4cccc5cccc(F)c45)c(C(F)(F)F)nc23)[C@@H](C)C1. The summed E-state index contributed by atoms with van der Waals surface area (Å²) in [6.45, 7) is 8.68. The molecule has 4 aromatic rings. The second kappa shape index (κ2) is 12.0. The van der Waals surface area contributed by atoms with Gasteiger partial charge in [0.2, 0.25) is 11.7 Å². The van der Waals surface area contributed by atoms with E-state index < -0.39 is 41.0 Å². The van der Waals surface area contributed by atoms with Crippen molar-refractivity contribution in [3.63, 3.8) is 0 Å². The molecule has 242 valence electrons. The Morgan fingerprint density at radius 3 is 2.39 bits per heavy atom. The van der Waals surface area contributed by atoms with Crippen molar-refractivity contribution in [3.05, 3.63) is 71.0 Å². The van der Waals surface area contributed by atoms with Crippen LogP contribution in [0.3, 0.4) is 0 Å². The molecule has 0 saturated carbocycles. The van der Waals surface area contributed by atoms with Crippen molar-refractivity contribution in [2.24, 2.45) is 0 Å². The lowest BCUT2D eigenvalue weighted by molar-refractivity contribution is -0.146. The predicted octanol–water partition coefficient (Wildman–Crippen LogP) is 4.57. The van der Waals surface area contributed by atoms with E-state index in [0.29, 0.717) is 9.95 Å². The number of anilines is 1. The molecule has 0 aliphatic carbocycles. The quantitative estimate of drug-likeness (QED) is 0.224. The molecule has 10 nitrogen and oxygen atoms in total. The number of benzene rings is 2. The van der Waals surface area contributed by atoms with Gasteiger partial charge in [-0.15, -0.1) is 0 Å². The molecule has 2 aromatic carbocycles. The van der Waals surface area contributed by atoms with Crippen LogP contribution in [0.25, 0.3) is 27.5 Å². The standard InChI is InChI=1S/C32H33F4N7O3/c1-5-24(44)41-15-18(2)42(19(3)16-41)28-26-27(38-31(39-28)46-17-21-11-8-14-40(21)4)29(45)43(30(37-26)32(34,35)36)23-13-7-10-20-9-6-12-22(33)25(20)23/h5-7,9-10,12-13,18-19,21H,1,8,11,14-17H2,2-4H3/t18-,19-,21-/m0/s1. The Hall–Kier alpha value is -4.59. The highest BCUT2D eigenvalue weighted by atomic mass is 19.4. The Bertz CT molecular complexity index is 1880. The van der Waals surface area contributed by atoms with Crippen molar-refractivity contribution in [3.8, 4) is 11.7 Å². The number of rotatable bonds is 6. The number of amides is 1. The molecule has 1 amide bonds. The summed E-state index contributed by atoms with van der Waals surface area (Å²) >= 11 is 0. The lowest BCUT2D eigenvalue weighted by Crippen LogP contribution is -2.58. The van der Waals surface area contributed by atoms with Crippen molar-refractivity contribution in [2.45, 2.75) is 51.0 Å². The number of nitrogens with zero attached hydrogens (tertiary/aromatic N) is 7. The molecule has 2 fully saturated rings. The topological polar surface area (TPSA) is 96.7 Å². The molecule has 6 rings (SSSR count). The van der Waals surface area contributed by atoms with Crippen LogP contribution in [0.1, 0.15) is 32.5 Å². The summed E-state index contributed by atoms with van der Waals surface area (Å²) in [6, 6.07) is 7.31. The van der Waals surface area contributed by atoms with Crippen LogP contribution in [-0.2, 0) is 11.0 Å². The summed E-state index contributed by atoms with van der Waals surface area (Å²) in [5.41, 5.74) is -2.26. The Kier molecular flexibility index (Phi) is 8.17. The van der Waals surface area contributed by atoms with Crippen molar-refractivity contribution >= 4 is 33.5 Å². The minimum absolute atomic E-state index is 0.0238. The summed E-state index contributed by atoms with van der Waals surface area (Å²) in [6.07, 6.45) is -2.06. The minimum atomic E-state index is -5.12. The van der Waals surface area contributed by atoms with E-state index in [2.05, 4.69) is 26.4 Å². The second-order valence-electron chi connectivity index (χ2n) is 11.9. The normalized spacial score (nSPS) is 20.9. The van der Waals surface area contributed by atoms with Gasteiger partial charge in [0.25, 0.3) is 5.56 Å². The maximum atomic E-state index is 15.1. The molecular formula is C32H33F4N7O3. The molecule has 2 aliphatic rings. The zero-order valence-electron chi connectivity index (χ0n) is 25.6. The lowest BCUT2D eigenvalue weighted by atomic mass is 10.1. The van der Waals surface area contributed by atoms with Crippen LogP contribution < -0.4 is 15.2 Å². The number of halogens is 4. The Labute approximate surface area is 261 Å². The molecule has 0 unspecified atom stereocenters. The average Bonchev–Trinajstić information content (AvgIpc) is 3.43. The van der Waals surface area contributed by atoms with Crippen LogP contribution in [0, 0.1) is 5.82 Å². The summed E-state index contributed by atoms with van der Waals surface area (Å²) in [7, 11) is 1.96. The number of likely N-dealkylation sites (tertiary alicyclic amines) is 1. The fourth-order valence-corrected chi connectivity index (χ4v) is 6.56. The first-order chi connectivity index (χ1) is 21.9. The van der Waals surface area contributed by atoms with Gasteiger partial charge in [0.15, 0.2) is 11.3 Å². The Morgan fingerprint density at radius 1 is 1.07 bits per heavy atom. The number of aromatic nitrogens is 4. The number of hydrogen-bond acceptors (Lipinski definition) is 8. The van der Waals surface area contributed by atoms with Gasteiger partial charge in [-0.3, -0.25) is 14.2 Å². The third-order valence-corrected chi connectivity index (χ3v) is 8.73. The third-order valence-electron chi connectivity index (χ3n) is 8.73. The average molecular weight is 640 g/mol. The first-order valence-corrected chi connectivity index (χ1v) is 15.0. The largest absolute Gasteiger partial charge is 0.462 e. The summed E-state index contributed by atoms with van der Waals surface area (Å²) in [5.74, 6) is -2.65. The number of carbonyl (C=O) groups is 1. The fraction of sp³-hybridized carbons (Fsp3) is 0.406. The van der Waals surface area contributed by atoms with Gasteiger partial charge in [-0.25, -0.2) is 9.37 Å². The molecule has 2 aromatic heterocycles. The molecule has 2 saturated heterocycles. The van der Waals surface area contributed by atoms with Gasteiger partial charge in [-0.05, 0) is 63.9 Å². The molecule has 2 aliphatic heterocycles. The van der Waals surface area contributed by atoms with Gasteiger partial charge in [-0.2, -0.15) is 23.1 Å². The summed E-state index contributed by atoms with van der Waals surface area (Å²) in [4.78, 5) is 45.0. The zero-order valence-corrected chi connectivity index (χ0v) is 25.6. The highest BCUT2D eigenvalue weighted by molar-refractivity contribution is 5.92. The van der Waals surface area contributed by atoms with Crippen LogP contribution in [0.5, 0.6) is 6.01 Å². The van der Waals surface area contributed by atoms with Crippen LogP contribution in [-0.4, -0.2) is 86.6 Å². The first-order valence-electron chi connectivity index (χ1n) is 15.0. The van der Waals surface area contributed by atoms with Gasteiger partial charge in [0.1, 0.15) is 17.9 Å². The predicted molar refractivity (Wildman–Crippen MR) is 165 cm³/mol. The lowest BCUT2D eigenvalue weighted by Gasteiger charge is -2.45. The number of likely N-dealkylation sites (N-methyl/N-ethyl adjacent to an activating group) is 1. The molecule has 3 atom stereocenters. The number of piperazine rings is 1. The van der Waals surface area contributed by atoms with Gasteiger partial charge in [0, 0.05) is 36.6 Å². The van der Waals surface area contributed by atoms with E-state index in [4.69, 9.17) is 4.74 Å². The van der Waals surface area contributed by atoms with Crippen LogP contribution in [0.4, 0.5) is 23.4 Å². The van der Waals surface area contributed by atoms with E-state index in [0.717, 1.165) is 25.5 Å².